The van der Waals surface area contributed by atoms with Crippen molar-refractivity contribution in [1.82, 2.24) is 4.90 Å². The number of carbonyl (C=O) groups is 4. The number of carbonyl (C=O) groups excluding carboxylic acids is 4. The van der Waals surface area contributed by atoms with Gasteiger partial charge in [-0.25, -0.2) is 0 Å². The van der Waals surface area contributed by atoms with E-state index in [1.165, 1.54) is 17.1 Å². The third kappa shape index (κ3) is 3.38. The number of hydrogen-bond acceptors (Lipinski definition) is 6. The first-order valence-electron chi connectivity index (χ1n) is 11.4. The van der Waals surface area contributed by atoms with Crippen molar-refractivity contribution >= 4 is 23.6 Å². The number of hydrogen-bond donors (Lipinski definition) is 1. The maximum Gasteiger partial charge on any atom is 0.306 e. The lowest BCUT2D eigenvalue weighted by Gasteiger charge is -2.40. The molecule has 3 aliphatic carbocycles. The van der Waals surface area contributed by atoms with Gasteiger partial charge in [0.15, 0.2) is 5.78 Å². The average Bonchev–Trinajstić information content (AvgIpc) is 3.42. The molecule has 0 aromatic heterocycles. The molecule has 0 bridgehead atoms. The van der Waals surface area contributed by atoms with E-state index in [4.69, 9.17) is 4.74 Å². The molecule has 1 spiro atoms. The maximum absolute atomic E-state index is 13.1. The SMILES string of the molecule is CC1=C2C(=CC(C)(C)[C@@H]2OC(=O)CCCCCN2C(=O)C=CC2=O)C(=O)C(C)(O)C12CC2. The van der Waals surface area contributed by atoms with E-state index in [0.29, 0.717) is 31.4 Å². The summed E-state index contributed by atoms with van der Waals surface area (Å²) in [5.41, 5.74) is -0.282. The van der Waals surface area contributed by atoms with Crippen LogP contribution in [0.15, 0.2) is 34.9 Å². The molecule has 1 fully saturated rings. The van der Waals surface area contributed by atoms with E-state index in [-0.39, 0.29) is 30.0 Å². The Bertz CT molecular complexity index is 974. The Morgan fingerprint density at radius 3 is 2.31 bits per heavy atom. The minimum Gasteiger partial charge on any atom is -0.457 e. The number of amides is 2. The summed E-state index contributed by atoms with van der Waals surface area (Å²) in [6.45, 7) is 7.79. The molecule has 32 heavy (non-hydrogen) atoms. The predicted octanol–water partition coefficient (Wildman–Crippen LogP) is 2.78. The Morgan fingerprint density at radius 1 is 1.09 bits per heavy atom. The molecular weight excluding hydrogens is 410 g/mol. The van der Waals surface area contributed by atoms with Crippen LogP contribution in [0.1, 0.15) is 66.2 Å². The van der Waals surface area contributed by atoms with Gasteiger partial charge in [0.1, 0.15) is 11.7 Å². The second-order valence-electron chi connectivity index (χ2n) is 10.2. The van der Waals surface area contributed by atoms with Crippen LogP contribution in [-0.2, 0) is 23.9 Å². The molecule has 0 radical (unpaired) electrons. The number of aliphatic hydroxyl groups is 1. The van der Waals surface area contributed by atoms with E-state index in [1.54, 1.807) is 6.92 Å². The molecule has 2 atom stereocenters. The lowest BCUT2D eigenvalue weighted by molar-refractivity contribution is -0.151. The van der Waals surface area contributed by atoms with Gasteiger partial charge in [-0.1, -0.05) is 31.9 Å². The summed E-state index contributed by atoms with van der Waals surface area (Å²) < 4.78 is 5.91. The lowest BCUT2D eigenvalue weighted by Crippen LogP contribution is -2.50. The van der Waals surface area contributed by atoms with Gasteiger partial charge in [0, 0.05) is 47.1 Å². The Morgan fingerprint density at radius 2 is 1.72 bits per heavy atom. The van der Waals surface area contributed by atoms with E-state index >= 15 is 0 Å². The molecule has 4 aliphatic rings. The predicted molar refractivity (Wildman–Crippen MR) is 116 cm³/mol. The minimum atomic E-state index is -1.42. The first kappa shape index (κ1) is 22.6. The van der Waals surface area contributed by atoms with Crippen LogP contribution in [0, 0.1) is 10.8 Å². The van der Waals surface area contributed by atoms with Crippen molar-refractivity contribution in [2.75, 3.05) is 6.54 Å². The number of unbranched alkanes of at least 4 members (excludes halogenated alkanes) is 2. The largest absolute Gasteiger partial charge is 0.457 e. The summed E-state index contributed by atoms with van der Waals surface area (Å²) in [6, 6.07) is 0. The van der Waals surface area contributed by atoms with Crippen LogP contribution in [0.3, 0.4) is 0 Å². The third-order valence-electron chi connectivity index (χ3n) is 7.65. The van der Waals surface area contributed by atoms with Gasteiger partial charge >= 0.3 is 5.97 Å². The highest BCUT2D eigenvalue weighted by molar-refractivity contribution is 6.12. The fourth-order valence-electron chi connectivity index (χ4n) is 5.48. The standard InChI is InChI=1S/C25H31NO6/c1-15-20-16(21(30)24(4,31)25(15)11-12-25)14-23(2,3)22(20)32-19(29)8-6-5-7-13-26-17(27)9-10-18(26)28/h9-10,14,22,31H,5-8,11-13H2,1-4H3/t22-,24?/m1/s1. The summed E-state index contributed by atoms with van der Waals surface area (Å²) in [5.74, 6) is -1.19. The van der Waals surface area contributed by atoms with Gasteiger partial charge in [-0.2, -0.15) is 0 Å². The van der Waals surface area contributed by atoms with E-state index in [0.717, 1.165) is 24.0 Å². The number of nitrogens with zero attached hydrogens (tertiary/aromatic N) is 1. The molecule has 1 N–H and O–H groups in total. The number of ether oxygens (including phenoxy) is 1. The monoisotopic (exact) mass is 441 g/mol. The van der Waals surface area contributed by atoms with E-state index < -0.39 is 22.5 Å². The number of rotatable bonds is 7. The molecular formula is C25H31NO6. The first-order valence-corrected chi connectivity index (χ1v) is 11.4. The molecule has 0 saturated heterocycles. The van der Waals surface area contributed by atoms with Gasteiger partial charge in [0.05, 0.1) is 0 Å². The fraction of sp³-hybridized carbons (Fsp3) is 0.600. The summed E-state index contributed by atoms with van der Waals surface area (Å²) in [7, 11) is 0. The van der Waals surface area contributed by atoms with Gasteiger partial charge in [-0.15, -0.1) is 0 Å². The second-order valence-corrected chi connectivity index (χ2v) is 10.2. The normalized spacial score (nSPS) is 29.7. The molecule has 2 amide bonds. The van der Waals surface area contributed by atoms with Gasteiger partial charge < -0.3 is 9.84 Å². The minimum absolute atomic E-state index is 0.227. The molecule has 1 saturated carbocycles. The number of Topliss-reactive ketones (excluding diaryl/α,β-unsaturated/α-hetero) is 1. The molecule has 7 nitrogen and oxygen atoms in total. The molecule has 0 aromatic carbocycles. The number of imide groups is 1. The zero-order valence-electron chi connectivity index (χ0n) is 19.2. The van der Waals surface area contributed by atoms with Crippen LogP contribution in [0.25, 0.3) is 0 Å². The Hall–Kier alpha value is -2.54. The average molecular weight is 442 g/mol. The zero-order valence-corrected chi connectivity index (χ0v) is 19.2. The van der Waals surface area contributed by atoms with Crippen molar-refractivity contribution in [2.24, 2.45) is 10.8 Å². The van der Waals surface area contributed by atoms with Crippen molar-refractivity contribution in [1.29, 1.82) is 0 Å². The van der Waals surface area contributed by atoms with Gasteiger partial charge in [-0.05, 0) is 39.5 Å². The van der Waals surface area contributed by atoms with Crippen LogP contribution in [-0.4, -0.2) is 51.8 Å². The Balaban J connectivity index is 1.37. The Kier molecular flexibility index (Phi) is 5.31. The molecule has 4 rings (SSSR count). The second kappa shape index (κ2) is 7.51. The molecule has 1 unspecified atom stereocenters. The quantitative estimate of drug-likeness (QED) is 0.370. The van der Waals surface area contributed by atoms with Gasteiger partial charge in [0.2, 0.25) is 0 Å². The van der Waals surface area contributed by atoms with Crippen LogP contribution in [0.5, 0.6) is 0 Å². The third-order valence-corrected chi connectivity index (χ3v) is 7.65. The molecule has 172 valence electrons. The van der Waals surface area contributed by atoms with E-state index in [9.17, 15) is 24.3 Å². The molecule has 0 aromatic rings. The Labute approximate surface area is 188 Å². The summed E-state index contributed by atoms with van der Waals surface area (Å²) in [6.07, 6.45) is 7.48. The summed E-state index contributed by atoms with van der Waals surface area (Å²) >= 11 is 0. The molecule has 1 heterocycles. The highest BCUT2D eigenvalue weighted by Gasteiger charge is 2.66. The van der Waals surface area contributed by atoms with Crippen molar-refractivity contribution in [3.05, 3.63) is 34.9 Å². The molecule has 1 aliphatic heterocycles. The smallest absolute Gasteiger partial charge is 0.306 e. The first-order chi connectivity index (χ1) is 14.9. The fourth-order valence-corrected chi connectivity index (χ4v) is 5.48. The maximum atomic E-state index is 13.1. The molecule has 7 heteroatoms. The highest BCUT2D eigenvalue weighted by atomic mass is 16.5. The van der Waals surface area contributed by atoms with Crippen molar-refractivity contribution < 1.29 is 29.0 Å². The van der Waals surface area contributed by atoms with Crippen molar-refractivity contribution in [2.45, 2.75) is 77.9 Å². The lowest BCUT2D eigenvalue weighted by atomic mass is 9.67. The summed E-state index contributed by atoms with van der Waals surface area (Å²) in [5, 5.41) is 11.0. The van der Waals surface area contributed by atoms with Gasteiger partial charge in [0.25, 0.3) is 11.8 Å². The zero-order chi connectivity index (χ0) is 23.5. The van der Waals surface area contributed by atoms with Crippen LogP contribution < -0.4 is 0 Å². The topological polar surface area (TPSA) is 101 Å². The van der Waals surface area contributed by atoms with E-state index in [1.807, 2.05) is 26.8 Å². The van der Waals surface area contributed by atoms with Crippen LogP contribution >= 0.6 is 0 Å². The highest BCUT2D eigenvalue weighted by Crippen LogP contribution is 2.65. The van der Waals surface area contributed by atoms with Crippen LogP contribution in [0.2, 0.25) is 0 Å². The van der Waals surface area contributed by atoms with Gasteiger partial charge in [-0.3, -0.25) is 24.1 Å². The number of esters is 1. The number of ketones is 1. The van der Waals surface area contributed by atoms with Crippen molar-refractivity contribution in [3.63, 3.8) is 0 Å². The van der Waals surface area contributed by atoms with Crippen molar-refractivity contribution in [3.8, 4) is 0 Å². The number of fused-ring (bicyclic) bond motifs is 1. The van der Waals surface area contributed by atoms with Crippen LogP contribution in [0.4, 0.5) is 0 Å². The van der Waals surface area contributed by atoms with E-state index in [2.05, 4.69) is 0 Å². The summed E-state index contributed by atoms with van der Waals surface area (Å²) in [4.78, 5) is 50.1.